The van der Waals surface area contributed by atoms with Gasteiger partial charge in [-0.25, -0.2) is 20.0 Å². The van der Waals surface area contributed by atoms with Crippen molar-refractivity contribution in [3.8, 4) is 0 Å². The molecular formula is C21H38N6O7. The fourth-order valence-corrected chi connectivity index (χ4v) is 4.11. The summed E-state index contributed by atoms with van der Waals surface area (Å²) in [4.78, 5) is 44.2. The fraction of sp³-hybridized carbons (Fsp3) is 0.857. The van der Waals surface area contributed by atoms with Gasteiger partial charge in [0.1, 0.15) is 0 Å². The highest BCUT2D eigenvalue weighted by Gasteiger charge is 2.37. The quantitative estimate of drug-likeness (QED) is 0.362. The molecule has 0 spiro atoms. The third-order valence-corrected chi connectivity index (χ3v) is 6.22. The van der Waals surface area contributed by atoms with Crippen molar-refractivity contribution in [3.63, 3.8) is 0 Å². The van der Waals surface area contributed by atoms with Gasteiger partial charge in [-0.15, -0.1) is 0 Å². The zero-order valence-corrected chi connectivity index (χ0v) is 19.9. The van der Waals surface area contributed by atoms with E-state index in [1.165, 1.54) is 0 Å². The molecule has 0 saturated carbocycles. The van der Waals surface area contributed by atoms with Crippen LogP contribution < -0.4 is 10.7 Å². The maximum Gasteiger partial charge on any atom is 0.339 e. The molecule has 2 atom stereocenters. The average Bonchev–Trinajstić information content (AvgIpc) is 2.89. The summed E-state index contributed by atoms with van der Waals surface area (Å²) in [6.45, 7) is 8.80. The van der Waals surface area contributed by atoms with Gasteiger partial charge in [-0.2, -0.15) is 0 Å². The Balaban J connectivity index is 1.64. The van der Waals surface area contributed by atoms with Gasteiger partial charge in [0.15, 0.2) is 6.10 Å². The van der Waals surface area contributed by atoms with E-state index in [2.05, 4.69) is 15.6 Å². The Bertz CT molecular complexity index is 666. The zero-order valence-electron chi connectivity index (χ0n) is 19.9. The zero-order chi connectivity index (χ0) is 24.3. The molecule has 0 aromatic carbocycles. The van der Waals surface area contributed by atoms with Gasteiger partial charge in [0.2, 0.25) is 0 Å². The summed E-state index contributed by atoms with van der Waals surface area (Å²) in [6, 6.07) is -1.89. The summed E-state index contributed by atoms with van der Waals surface area (Å²) in [5.41, 5.74) is 2.65. The predicted octanol–water partition coefficient (Wildman–Crippen LogP) is -1.71. The molecule has 3 rings (SSSR count). The van der Waals surface area contributed by atoms with Crippen LogP contribution in [0.2, 0.25) is 0 Å². The minimum atomic E-state index is -1.51. The number of carbonyl (C=O) groups is 3. The Morgan fingerprint density at radius 3 is 1.97 bits per heavy atom. The van der Waals surface area contributed by atoms with Crippen molar-refractivity contribution in [3.05, 3.63) is 0 Å². The van der Waals surface area contributed by atoms with Crippen molar-refractivity contribution < 1.29 is 33.7 Å². The van der Waals surface area contributed by atoms with Crippen molar-refractivity contribution in [2.45, 2.75) is 25.5 Å². The summed E-state index contributed by atoms with van der Waals surface area (Å²) in [5.74, 6) is -0.583. The number of carbonyl (C=O) groups excluding carboxylic acids is 3. The van der Waals surface area contributed by atoms with E-state index < -0.39 is 30.1 Å². The summed E-state index contributed by atoms with van der Waals surface area (Å²) in [5, 5.41) is 14.7. The van der Waals surface area contributed by atoms with Crippen molar-refractivity contribution in [1.82, 2.24) is 30.5 Å². The first-order valence-corrected chi connectivity index (χ1v) is 12.1. The first-order valence-electron chi connectivity index (χ1n) is 12.1. The van der Waals surface area contributed by atoms with Gasteiger partial charge in [-0.3, -0.25) is 9.69 Å². The van der Waals surface area contributed by atoms with E-state index in [0.717, 1.165) is 18.1 Å². The molecule has 3 heterocycles. The molecule has 13 nitrogen and oxygen atoms in total. The number of aliphatic hydroxyl groups is 1. The van der Waals surface area contributed by atoms with Crippen molar-refractivity contribution >= 4 is 18.0 Å². The van der Waals surface area contributed by atoms with Crippen LogP contribution in [0, 0.1) is 0 Å². The highest BCUT2D eigenvalue weighted by molar-refractivity contribution is 5.84. The van der Waals surface area contributed by atoms with Gasteiger partial charge in [0, 0.05) is 52.4 Å². The van der Waals surface area contributed by atoms with E-state index in [4.69, 9.17) is 14.2 Å². The van der Waals surface area contributed by atoms with Gasteiger partial charge in [-0.1, -0.05) is 6.92 Å². The molecule has 3 aliphatic heterocycles. The Morgan fingerprint density at radius 1 is 0.882 bits per heavy atom. The van der Waals surface area contributed by atoms with Crippen molar-refractivity contribution in [2.75, 3.05) is 92.0 Å². The van der Waals surface area contributed by atoms with E-state index >= 15 is 0 Å². The molecule has 1 unspecified atom stereocenters. The molecule has 0 aromatic rings. The number of nitrogens with one attached hydrogen (secondary N) is 2. The number of morpholine rings is 3. The summed E-state index contributed by atoms with van der Waals surface area (Å²) in [6.07, 6.45) is -1.25. The van der Waals surface area contributed by atoms with E-state index in [1.807, 2.05) is 0 Å². The molecule has 34 heavy (non-hydrogen) atoms. The number of urea groups is 2. The van der Waals surface area contributed by atoms with Crippen LogP contribution in [0.25, 0.3) is 0 Å². The molecule has 3 saturated heterocycles. The number of hydrogen-bond acceptors (Lipinski definition) is 8. The number of aliphatic hydroxyl groups excluding tert-OH is 1. The SMILES string of the molecule is CC[C@H](C(O)C(=O)NCCN1CCOCC1)N(NC(=O)N1CCOCC1)C(=O)N1CCOCC1. The number of ether oxygens (including phenoxy) is 3. The second-order valence-electron chi connectivity index (χ2n) is 8.43. The molecule has 3 aliphatic rings. The molecule has 194 valence electrons. The summed E-state index contributed by atoms with van der Waals surface area (Å²) in [7, 11) is 0. The van der Waals surface area contributed by atoms with Crippen LogP contribution in [-0.4, -0.2) is 147 Å². The average molecular weight is 487 g/mol. The number of amides is 5. The molecule has 0 bridgehead atoms. The van der Waals surface area contributed by atoms with Gasteiger partial charge >= 0.3 is 12.1 Å². The molecule has 5 amide bonds. The third kappa shape index (κ3) is 7.40. The van der Waals surface area contributed by atoms with Crippen LogP contribution >= 0.6 is 0 Å². The lowest BCUT2D eigenvalue weighted by molar-refractivity contribution is -0.133. The van der Waals surface area contributed by atoms with Crippen molar-refractivity contribution in [1.29, 1.82) is 0 Å². The molecule has 0 aromatic heterocycles. The second-order valence-corrected chi connectivity index (χ2v) is 8.43. The summed E-state index contributed by atoms with van der Waals surface area (Å²) < 4.78 is 15.9. The Kier molecular flexibility index (Phi) is 10.6. The normalized spacial score (nSPS) is 21.5. The lowest BCUT2D eigenvalue weighted by Crippen LogP contribution is -2.64. The predicted molar refractivity (Wildman–Crippen MR) is 121 cm³/mol. The highest BCUT2D eigenvalue weighted by atomic mass is 16.5. The first-order chi connectivity index (χ1) is 16.5. The van der Waals surface area contributed by atoms with Crippen LogP contribution in [0.5, 0.6) is 0 Å². The van der Waals surface area contributed by atoms with Crippen LogP contribution in [0.15, 0.2) is 0 Å². The van der Waals surface area contributed by atoms with Crippen LogP contribution in [0.1, 0.15) is 13.3 Å². The largest absolute Gasteiger partial charge is 0.381 e. The van der Waals surface area contributed by atoms with Crippen LogP contribution in [0.3, 0.4) is 0 Å². The fourth-order valence-electron chi connectivity index (χ4n) is 4.11. The number of hydrazine groups is 1. The molecule has 0 aliphatic carbocycles. The van der Waals surface area contributed by atoms with Gasteiger partial charge in [-0.05, 0) is 6.42 Å². The van der Waals surface area contributed by atoms with E-state index in [9.17, 15) is 19.5 Å². The molecular weight excluding hydrogens is 448 g/mol. The Labute approximate surface area is 200 Å². The molecule has 3 fully saturated rings. The Hall–Kier alpha value is -2.19. The van der Waals surface area contributed by atoms with Crippen molar-refractivity contribution in [2.24, 2.45) is 0 Å². The van der Waals surface area contributed by atoms with Gasteiger partial charge in [0.25, 0.3) is 5.91 Å². The highest BCUT2D eigenvalue weighted by Crippen LogP contribution is 2.13. The Morgan fingerprint density at radius 2 is 1.41 bits per heavy atom. The minimum absolute atomic E-state index is 0.261. The number of nitrogens with zero attached hydrogens (tertiary/aromatic N) is 4. The van der Waals surface area contributed by atoms with Crippen LogP contribution in [-0.2, 0) is 19.0 Å². The van der Waals surface area contributed by atoms with E-state index in [1.54, 1.807) is 16.7 Å². The minimum Gasteiger partial charge on any atom is -0.381 e. The second kappa shape index (κ2) is 13.6. The third-order valence-electron chi connectivity index (χ3n) is 6.22. The number of rotatable bonds is 7. The monoisotopic (exact) mass is 486 g/mol. The molecule has 0 radical (unpaired) electrons. The van der Waals surface area contributed by atoms with E-state index in [0.29, 0.717) is 78.9 Å². The first kappa shape index (κ1) is 26.4. The smallest absolute Gasteiger partial charge is 0.339 e. The lowest BCUT2D eigenvalue weighted by Gasteiger charge is -2.39. The lowest BCUT2D eigenvalue weighted by atomic mass is 10.1. The standard InChI is InChI=1S/C21H38N6O7/c1-2-17(18(28)19(29)22-3-4-24-5-11-32-12-6-24)27(21(31)26-9-15-34-16-10-26)23-20(30)25-7-13-33-14-8-25/h17-18,28H,2-16H2,1H3,(H,22,29)(H,23,30)/t17-,18?/m1/s1. The molecule has 3 N–H and O–H groups in total. The molecule has 13 heteroatoms. The van der Waals surface area contributed by atoms with Gasteiger partial charge in [0.05, 0.1) is 45.7 Å². The topological polar surface area (TPSA) is 136 Å². The number of hydrogen-bond donors (Lipinski definition) is 3. The van der Waals surface area contributed by atoms with Crippen LogP contribution in [0.4, 0.5) is 9.59 Å². The maximum absolute atomic E-state index is 13.3. The van der Waals surface area contributed by atoms with Gasteiger partial charge < -0.3 is 34.4 Å². The maximum atomic E-state index is 13.3. The summed E-state index contributed by atoms with van der Waals surface area (Å²) >= 11 is 0. The van der Waals surface area contributed by atoms with E-state index in [-0.39, 0.29) is 6.42 Å².